The second-order valence-corrected chi connectivity index (χ2v) is 10.2. The van der Waals surface area contributed by atoms with Gasteiger partial charge in [0.2, 0.25) is 35.4 Å². The minimum Gasteiger partial charge on any atom is -0.375 e. The molecule has 2 aliphatic heterocycles. The number of amides is 7. The Labute approximate surface area is 243 Å². The molecular formula is C26H41N7O9. The highest BCUT2D eigenvalue weighted by atomic mass is 16.6. The van der Waals surface area contributed by atoms with Gasteiger partial charge in [0.1, 0.15) is 24.2 Å². The monoisotopic (exact) mass is 595 g/mol. The molecule has 0 aromatic heterocycles. The van der Waals surface area contributed by atoms with Crippen molar-refractivity contribution in [1.82, 2.24) is 37.2 Å². The Bertz CT molecular complexity index is 1040. The smallest absolute Gasteiger partial charge is 0.375 e. The first kappa shape index (κ1) is 34.0. The molecule has 42 heavy (non-hydrogen) atoms. The molecule has 2 saturated heterocycles. The van der Waals surface area contributed by atoms with Gasteiger partial charge in [0.15, 0.2) is 0 Å². The number of carbonyl (C=O) groups excluding carboxylic acids is 8. The van der Waals surface area contributed by atoms with E-state index in [4.69, 9.17) is 4.74 Å². The number of alkyl carbamates (subject to hydrolysis) is 1. The Kier molecular flexibility index (Phi) is 14.2. The molecule has 0 radical (unpaired) electrons. The molecule has 2 fully saturated rings. The zero-order valence-electron chi connectivity index (χ0n) is 24.0. The van der Waals surface area contributed by atoms with Gasteiger partial charge in [-0.15, -0.1) is 0 Å². The summed E-state index contributed by atoms with van der Waals surface area (Å²) in [6.07, 6.45) is 0.840. The SMILES string of the molecule is CNC(=O)[C@H]1CCCCNC(=O)CC[C@@H](NC(=O)OC(=O)[C@@H]2CCCCNC(=O)CC[C@H](NC(C)=O)C(=O)N2)C(=O)N1. The summed E-state index contributed by atoms with van der Waals surface area (Å²) in [5.41, 5.74) is 0. The van der Waals surface area contributed by atoms with Crippen molar-refractivity contribution in [3.8, 4) is 0 Å². The van der Waals surface area contributed by atoms with Crippen LogP contribution in [0.1, 0.15) is 71.1 Å². The molecule has 0 bridgehead atoms. The number of hydrogen-bond acceptors (Lipinski definition) is 9. The van der Waals surface area contributed by atoms with E-state index in [1.54, 1.807) is 0 Å². The fourth-order valence-corrected chi connectivity index (χ4v) is 4.48. The van der Waals surface area contributed by atoms with Crippen LogP contribution in [-0.4, -0.2) is 91.8 Å². The predicted octanol–water partition coefficient (Wildman–Crippen LogP) is -2.01. The molecule has 16 heteroatoms. The zero-order chi connectivity index (χ0) is 31.1. The van der Waals surface area contributed by atoms with Crippen molar-refractivity contribution < 1.29 is 43.1 Å². The Morgan fingerprint density at radius 1 is 0.714 bits per heavy atom. The topological polar surface area (TPSA) is 230 Å². The Morgan fingerprint density at radius 2 is 1.21 bits per heavy atom. The van der Waals surface area contributed by atoms with Crippen LogP contribution in [0.25, 0.3) is 0 Å². The molecule has 4 atom stereocenters. The summed E-state index contributed by atoms with van der Waals surface area (Å²) in [5.74, 6) is -4.10. The lowest BCUT2D eigenvalue weighted by molar-refractivity contribution is -0.143. The summed E-state index contributed by atoms with van der Waals surface area (Å²) in [6.45, 7) is 1.93. The van der Waals surface area contributed by atoms with Gasteiger partial charge in [-0.3, -0.25) is 28.8 Å². The highest BCUT2D eigenvalue weighted by Crippen LogP contribution is 2.09. The maximum atomic E-state index is 13.0. The van der Waals surface area contributed by atoms with Crippen molar-refractivity contribution in [2.24, 2.45) is 0 Å². The van der Waals surface area contributed by atoms with Gasteiger partial charge in [-0.1, -0.05) is 0 Å². The first-order chi connectivity index (χ1) is 20.0. The minimum atomic E-state index is -1.30. The molecule has 2 aliphatic rings. The Morgan fingerprint density at radius 3 is 1.74 bits per heavy atom. The molecular weight excluding hydrogens is 554 g/mol. The summed E-state index contributed by atoms with van der Waals surface area (Å²) in [7, 11) is 1.43. The van der Waals surface area contributed by atoms with Gasteiger partial charge < -0.3 is 42.0 Å². The summed E-state index contributed by atoms with van der Waals surface area (Å²) in [5, 5.41) is 17.7. The molecule has 16 nitrogen and oxygen atoms in total. The molecule has 7 N–H and O–H groups in total. The number of ether oxygens (including phenoxy) is 1. The molecule has 0 aromatic carbocycles. The van der Waals surface area contributed by atoms with Gasteiger partial charge in [-0.05, 0) is 51.4 Å². The Hall–Kier alpha value is -4.24. The Balaban J connectivity index is 2.11. The van der Waals surface area contributed by atoms with Crippen molar-refractivity contribution in [2.75, 3.05) is 20.1 Å². The third-order valence-corrected chi connectivity index (χ3v) is 6.78. The van der Waals surface area contributed by atoms with Gasteiger partial charge in [-0.2, -0.15) is 0 Å². The highest BCUT2D eigenvalue weighted by Gasteiger charge is 2.32. The first-order valence-electron chi connectivity index (χ1n) is 14.1. The van der Waals surface area contributed by atoms with Crippen molar-refractivity contribution in [1.29, 1.82) is 0 Å². The van der Waals surface area contributed by atoms with Gasteiger partial charge in [0.05, 0.1) is 0 Å². The molecule has 0 aromatic rings. The first-order valence-corrected chi connectivity index (χ1v) is 14.1. The van der Waals surface area contributed by atoms with Crippen molar-refractivity contribution in [3.63, 3.8) is 0 Å². The normalized spacial score (nSPS) is 25.1. The van der Waals surface area contributed by atoms with E-state index < -0.39 is 59.9 Å². The predicted molar refractivity (Wildman–Crippen MR) is 146 cm³/mol. The van der Waals surface area contributed by atoms with E-state index in [0.29, 0.717) is 45.2 Å². The zero-order valence-corrected chi connectivity index (χ0v) is 24.0. The maximum absolute atomic E-state index is 13.0. The summed E-state index contributed by atoms with van der Waals surface area (Å²) >= 11 is 0. The largest absolute Gasteiger partial charge is 0.415 e. The van der Waals surface area contributed by atoms with Crippen LogP contribution in [0, 0.1) is 0 Å². The summed E-state index contributed by atoms with van der Waals surface area (Å²) in [4.78, 5) is 99.5. The number of carbonyl (C=O) groups is 8. The van der Waals surface area contributed by atoms with Gasteiger partial charge in [0.25, 0.3) is 0 Å². The lowest BCUT2D eigenvalue weighted by Gasteiger charge is -2.24. The van der Waals surface area contributed by atoms with E-state index in [1.807, 2.05) is 0 Å². The molecule has 0 spiro atoms. The van der Waals surface area contributed by atoms with Crippen LogP contribution >= 0.6 is 0 Å². The standard InChI is InChI=1S/C26H41N7O9/c1-15(34)30-17-9-11-20(35)29-14-6-4-8-19(32-23(17)38)25(40)42-26(41)33-18-10-12-21(36)28-13-5-3-7-16(22(37)27-2)31-24(18)39/h16-19H,3-14H2,1-2H3,(H,27,37)(H,28,36)(H,29,35)(H,30,34)(H,31,39)(H,32,38)(H,33,41)/t16-,17+,18-,19+/m1/s1. The average molecular weight is 596 g/mol. The average Bonchev–Trinajstić information content (AvgIpc) is 2.93. The lowest BCUT2D eigenvalue weighted by atomic mass is 10.1. The van der Waals surface area contributed by atoms with Crippen LogP contribution in [0.5, 0.6) is 0 Å². The molecule has 2 heterocycles. The van der Waals surface area contributed by atoms with Crippen LogP contribution in [0.15, 0.2) is 0 Å². The van der Waals surface area contributed by atoms with Crippen LogP contribution in [-0.2, 0) is 38.3 Å². The number of hydrogen-bond donors (Lipinski definition) is 7. The van der Waals surface area contributed by atoms with Crippen LogP contribution in [0.2, 0.25) is 0 Å². The molecule has 2 rings (SSSR count). The van der Waals surface area contributed by atoms with E-state index in [-0.39, 0.29) is 43.9 Å². The van der Waals surface area contributed by atoms with Crippen LogP contribution < -0.4 is 37.2 Å². The van der Waals surface area contributed by atoms with Gasteiger partial charge >= 0.3 is 12.1 Å². The number of esters is 1. The van der Waals surface area contributed by atoms with E-state index in [2.05, 4.69) is 37.2 Å². The second kappa shape index (κ2) is 17.5. The molecule has 0 aliphatic carbocycles. The van der Waals surface area contributed by atoms with Crippen LogP contribution in [0.4, 0.5) is 4.79 Å². The van der Waals surface area contributed by atoms with Crippen molar-refractivity contribution in [2.45, 2.75) is 95.3 Å². The lowest BCUT2D eigenvalue weighted by Crippen LogP contribution is -2.55. The number of rotatable bonds is 4. The van der Waals surface area contributed by atoms with E-state index in [0.717, 1.165) is 0 Å². The van der Waals surface area contributed by atoms with Crippen molar-refractivity contribution in [3.05, 3.63) is 0 Å². The second-order valence-electron chi connectivity index (χ2n) is 10.2. The third-order valence-electron chi connectivity index (χ3n) is 6.78. The molecule has 7 amide bonds. The van der Waals surface area contributed by atoms with E-state index in [1.165, 1.54) is 14.0 Å². The molecule has 234 valence electrons. The fraction of sp³-hybridized carbons (Fsp3) is 0.692. The molecule has 0 unspecified atom stereocenters. The summed E-state index contributed by atoms with van der Waals surface area (Å²) < 4.78 is 4.92. The van der Waals surface area contributed by atoms with Gasteiger partial charge in [0, 0.05) is 39.9 Å². The molecule has 0 saturated carbocycles. The summed E-state index contributed by atoms with van der Waals surface area (Å²) in [6, 6.07) is -4.53. The number of likely N-dealkylation sites (N-methyl/N-ethyl adjacent to an activating group) is 1. The maximum Gasteiger partial charge on any atom is 0.415 e. The van der Waals surface area contributed by atoms with Gasteiger partial charge in [-0.25, -0.2) is 9.59 Å². The minimum absolute atomic E-state index is 0.0130. The quantitative estimate of drug-likeness (QED) is 0.140. The van der Waals surface area contributed by atoms with E-state index >= 15 is 0 Å². The highest BCUT2D eigenvalue weighted by molar-refractivity contribution is 5.95. The van der Waals surface area contributed by atoms with Crippen LogP contribution in [0.3, 0.4) is 0 Å². The third kappa shape index (κ3) is 12.1. The number of nitrogens with one attached hydrogen (secondary N) is 7. The van der Waals surface area contributed by atoms with E-state index in [9.17, 15) is 38.4 Å². The fourth-order valence-electron chi connectivity index (χ4n) is 4.48. The van der Waals surface area contributed by atoms with Crippen molar-refractivity contribution >= 4 is 47.5 Å².